The van der Waals surface area contributed by atoms with E-state index in [4.69, 9.17) is 0 Å². The third kappa shape index (κ3) is 3.82. The first kappa shape index (κ1) is 15.2. The number of aliphatic hydroxyl groups is 1. The van der Waals surface area contributed by atoms with Crippen molar-refractivity contribution in [1.82, 2.24) is 5.32 Å². The molecule has 0 fully saturated rings. The second-order valence-corrected chi connectivity index (χ2v) is 5.40. The van der Waals surface area contributed by atoms with E-state index in [2.05, 4.69) is 57.3 Å². The highest BCUT2D eigenvalue weighted by molar-refractivity contribution is 5.24. The zero-order valence-electron chi connectivity index (χ0n) is 12.2. The summed E-state index contributed by atoms with van der Waals surface area (Å²) in [6.45, 7) is 9.67. The number of rotatable bonds is 7. The van der Waals surface area contributed by atoms with Gasteiger partial charge in [0.1, 0.15) is 0 Å². The molecule has 18 heavy (non-hydrogen) atoms. The molecule has 0 heterocycles. The van der Waals surface area contributed by atoms with Crippen LogP contribution in [0.25, 0.3) is 0 Å². The van der Waals surface area contributed by atoms with Gasteiger partial charge in [-0.15, -0.1) is 0 Å². The quantitative estimate of drug-likeness (QED) is 0.775. The minimum Gasteiger partial charge on any atom is -0.394 e. The van der Waals surface area contributed by atoms with Crippen LogP contribution < -0.4 is 5.32 Å². The van der Waals surface area contributed by atoms with Crippen molar-refractivity contribution in [3.8, 4) is 0 Å². The normalized spacial score (nSPS) is 12.1. The molecule has 0 aromatic heterocycles. The molecule has 1 aromatic carbocycles. The number of nitrogens with one attached hydrogen (secondary N) is 1. The molecule has 0 amide bonds. The van der Waals surface area contributed by atoms with E-state index in [1.807, 2.05) is 0 Å². The van der Waals surface area contributed by atoms with E-state index in [1.165, 1.54) is 11.1 Å². The van der Waals surface area contributed by atoms with Gasteiger partial charge in [0.2, 0.25) is 0 Å². The number of benzene rings is 1. The molecule has 0 atom stereocenters. The number of aliphatic hydroxyl groups excluding tert-OH is 1. The predicted molar refractivity (Wildman–Crippen MR) is 77.8 cm³/mol. The maximum absolute atomic E-state index is 9.51. The van der Waals surface area contributed by atoms with Crippen LogP contribution in [0.15, 0.2) is 24.3 Å². The van der Waals surface area contributed by atoms with Gasteiger partial charge in [0.05, 0.1) is 6.61 Å². The third-order valence-corrected chi connectivity index (χ3v) is 3.97. The summed E-state index contributed by atoms with van der Waals surface area (Å²) in [6, 6.07) is 8.74. The fourth-order valence-electron chi connectivity index (χ4n) is 2.09. The molecule has 0 aliphatic rings. The van der Waals surface area contributed by atoms with Crippen LogP contribution >= 0.6 is 0 Å². The van der Waals surface area contributed by atoms with Crippen LogP contribution in [0.4, 0.5) is 0 Å². The summed E-state index contributed by atoms with van der Waals surface area (Å²) in [5.41, 5.74) is 2.52. The number of hydrogen-bond acceptors (Lipinski definition) is 2. The lowest BCUT2D eigenvalue weighted by Crippen LogP contribution is -2.47. The summed E-state index contributed by atoms with van der Waals surface area (Å²) in [5, 5.41) is 13.0. The second kappa shape index (κ2) is 6.91. The van der Waals surface area contributed by atoms with Crippen molar-refractivity contribution in [3.63, 3.8) is 0 Å². The van der Waals surface area contributed by atoms with Gasteiger partial charge in [0, 0.05) is 12.1 Å². The Morgan fingerprint density at radius 3 is 2.06 bits per heavy atom. The van der Waals surface area contributed by atoms with Gasteiger partial charge < -0.3 is 10.4 Å². The van der Waals surface area contributed by atoms with Gasteiger partial charge in [-0.1, -0.05) is 52.0 Å². The standard InChI is InChI=1S/C16H27NO/c1-5-16(6-2,12-18)17-11-14-7-9-15(10-8-14)13(3)4/h7-10,13,17-18H,5-6,11-12H2,1-4H3. The molecule has 0 bridgehead atoms. The minimum atomic E-state index is -0.128. The molecule has 0 saturated carbocycles. The molecular weight excluding hydrogens is 222 g/mol. The Labute approximate surface area is 111 Å². The van der Waals surface area contributed by atoms with E-state index >= 15 is 0 Å². The maximum atomic E-state index is 9.51. The van der Waals surface area contributed by atoms with Gasteiger partial charge in [-0.25, -0.2) is 0 Å². The van der Waals surface area contributed by atoms with Crippen molar-refractivity contribution >= 4 is 0 Å². The summed E-state index contributed by atoms with van der Waals surface area (Å²) in [6.07, 6.45) is 1.90. The lowest BCUT2D eigenvalue weighted by molar-refractivity contribution is 0.149. The van der Waals surface area contributed by atoms with E-state index in [-0.39, 0.29) is 12.1 Å². The Hall–Kier alpha value is -0.860. The summed E-state index contributed by atoms with van der Waals surface area (Å²) >= 11 is 0. The van der Waals surface area contributed by atoms with Gasteiger partial charge in [-0.3, -0.25) is 0 Å². The van der Waals surface area contributed by atoms with Crippen LogP contribution in [0.2, 0.25) is 0 Å². The Balaban J connectivity index is 2.62. The van der Waals surface area contributed by atoms with Crippen molar-refractivity contribution < 1.29 is 5.11 Å². The molecule has 102 valence electrons. The third-order valence-electron chi connectivity index (χ3n) is 3.97. The van der Waals surface area contributed by atoms with Crippen LogP contribution in [0.1, 0.15) is 57.6 Å². The van der Waals surface area contributed by atoms with E-state index in [9.17, 15) is 5.11 Å². The molecule has 0 saturated heterocycles. The molecule has 2 heteroatoms. The zero-order chi connectivity index (χ0) is 13.6. The topological polar surface area (TPSA) is 32.3 Å². The van der Waals surface area contributed by atoms with Crippen LogP contribution in [0.3, 0.4) is 0 Å². The molecule has 0 aliphatic heterocycles. The molecule has 1 aromatic rings. The first-order valence-electron chi connectivity index (χ1n) is 7.01. The largest absolute Gasteiger partial charge is 0.394 e. The predicted octanol–water partition coefficient (Wildman–Crippen LogP) is 3.45. The van der Waals surface area contributed by atoms with E-state index in [0.29, 0.717) is 5.92 Å². The van der Waals surface area contributed by atoms with Crippen molar-refractivity contribution in [2.24, 2.45) is 0 Å². The molecule has 2 N–H and O–H groups in total. The lowest BCUT2D eigenvalue weighted by Gasteiger charge is -2.31. The summed E-state index contributed by atoms with van der Waals surface area (Å²) in [7, 11) is 0. The highest BCUT2D eigenvalue weighted by Gasteiger charge is 2.23. The average Bonchev–Trinajstić information content (AvgIpc) is 2.41. The van der Waals surface area contributed by atoms with E-state index in [1.54, 1.807) is 0 Å². The van der Waals surface area contributed by atoms with Crippen LogP contribution in [0.5, 0.6) is 0 Å². The summed E-state index contributed by atoms with van der Waals surface area (Å²) in [4.78, 5) is 0. The van der Waals surface area contributed by atoms with E-state index < -0.39 is 0 Å². The van der Waals surface area contributed by atoms with Gasteiger partial charge in [0.25, 0.3) is 0 Å². The number of hydrogen-bond donors (Lipinski definition) is 2. The summed E-state index contributed by atoms with van der Waals surface area (Å²) < 4.78 is 0. The summed E-state index contributed by atoms with van der Waals surface area (Å²) in [5.74, 6) is 0.579. The first-order chi connectivity index (χ1) is 8.56. The Morgan fingerprint density at radius 2 is 1.67 bits per heavy atom. The SMILES string of the molecule is CCC(CC)(CO)NCc1ccc(C(C)C)cc1. The molecule has 1 rings (SSSR count). The average molecular weight is 249 g/mol. The smallest absolute Gasteiger partial charge is 0.0613 e. The molecule has 0 aliphatic carbocycles. The van der Waals surface area contributed by atoms with Crippen molar-refractivity contribution in [2.75, 3.05) is 6.61 Å². The molecule has 2 nitrogen and oxygen atoms in total. The Kier molecular flexibility index (Phi) is 5.83. The van der Waals surface area contributed by atoms with Gasteiger partial charge in [-0.05, 0) is 29.9 Å². The van der Waals surface area contributed by atoms with Crippen molar-refractivity contribution in [3.05, 3.63) is 35.4 Å². The lowest BCUT2D eigenvalue weighted by atomic mass is 9.93. The highest BCUT2D eigenvalue weighted by Crippen LogP contribution is 2.17. The van der Waals surface area contributed by atoms with Crippen LogP contribution in [-0.2, 0) is 6.54 Å². The Bertz CT molecular complexity index is 330. The fraction of sp³-hybridized carbons (Fsp3) is 0.625. The van der Waals surface area contributed by atoms with Gasteiger partial charge >= 0.3 is 0 Å². The highest BCUT2D eigenvalue weighted by atomic mass is 16.3. The van der Waals surface area contributed by atoms with Crippen molar-refractivity contribution in [2.45, 2.75) is 58.5 Å². The monoisotopic (exact) mass is 249 g/mol. The second-order valence-electron chi connectivity index (χ2n) is 5.40. The first-order valence-corrected chi connectivity index (χ1v) is 7.01. The fourth-order valence-corrected chi connectivity index (χ4v) is 2.09. The van der Waals surface area contributed by atoms with Gasteiger partial charge in [-0.2, -0.15) is 0 Å². The van der Waals surface area contributed by atoms with Gasteiger partial charge in [0.15, 0.2) is 0 Å². The Morgan fingerprint density at radius 1 is 1.11 bits per heavy atom. The van der Waals surface area contributed by atoms with Crippen LogP contribution in [0, 0.1) is 0 Å². The molecular formula is C16H27NO. The maximum Gasteiger partial charge on any atom is 0.0613 e. The molecule has 0 radical (unpaired) electrons. The molecule has 0 unspecified atom stereocenters. The molecule has 0 spiro atoms. The van der Waals surface area contributed by atoms with Crippen LogP contribution in [-0.4, -0.2) is 17.3 Å². The van der Waals surface area contributed by atoms with E-state index in [0.717, 1.165) is 19.4 Å². The zero-order valence-corrected chi connectivity index (χ0v) is 12.2. The minimum absolute atomic E-state index is 0.128. The van der Waals surface area contributed by atoms with Crippen molar-refractivity contribution in [1.29, 1.82) is 0 Å².